The number of para-hydroxylation sites is 2. The SMILES string of the molecule is Cc1cc(Nc2ccccc2)cc2c1N(C)C(=CC=C1CCCC(C=CC3=[N+](C)c4c(C)cc(Nc5ccccc5)cc4C3(C)C)=C1Cl)C2(C)C. The lowest BCUT2D eigenvalue weighted by Gasteiger charge is -2.24. The molecule has 7 rings (SSSR count). The van der Waals surface area contributed by atoms with E-state index in [0.717, 1.165) is 47.0 Å². The highest BCUT2D eigenvalue weighted by Crippen LogP contribution is 2.50. The maximum atomic E-state index is 7.24. The van der Waals surface area contributed by atoms with Crippen LogP contribution in [0.15, 0.2) is 131 Å². The van der Waals surface area contributed by atoms with Crippen molar-refractivity contribution >= 4 is 51.4 Å². The van der Waals surface area contributed by atoms with Crippen LogP contribution < -0.4 is 15.5 Å². The third kappa shape index (κ3) is 6.36. The Bertz CT molecular complexity index is 2160. The minimum absolute atomic E-state index is 0.160. The van der Waals surface area contributed by atoms with E-state index >= 15 is 0 Å². The molecule has 0 spiro atoms. The van der Waals surface area contributed by atoms with Gasteiger partial charge in [0.1, 0.15) is 7.05 Å². The number of likely N-dealkylation sites (N-methyl/N-ethyl adjacent to an activating group) is 1. The summed E-state index contributed by atoms with van der Waals surface area (Å²) in [4.78, 5) is 2.37. The molecular weight excluding hydrogens is 644 g/mol. The minimum atomic E-state index is -0.160. The number of hydrogen-bond acceptors (Lipinski definition) is 3. The van der Waals surface area contributed by atoms with Gasteiger partial charge in [0, 0.05) is 68.8 Å². The van der Waals surface area contributed by atoms with Gasteiger partial charge in [-0.15, -0.1) is 0 Å². The van der Waals surface area contributed by atoms with Crippen LogP contribution >= 0.6 is 11.6 Å². The van der Waals surface area contributed by atoms with E-state index in [1.165, 1.54) is 56.2 Å². The quantitative estimate of drug-likeness (QED) is 0.189. The van der Waals surface area contributed by atoms with Crippen molar-refractivity contribution in [1.82, 2.24) is 0 Å². The van der Waals surface area contributed by atoms with Crippen molar-refractivity contribution in [2.24, 2.45) is 0 Å². The Morgan fingerprint density at radius 1 is 0.706 bits per heavy atom. The van der Waals surface area contributed by atoms with Crippen molar-refractivity contribution in [3.63, 3.8) is 0 Å². The van der Waals surface area contributed by atoms with Gasteiger partial charge >= 0.3 is 0 Å². The molecule has 51 heavy (non-hydrogen) atoms. The van der Waals surface area contributed by atoms with Crippen molar-refractivity contribution < 1.29 is 4.58 Å². The average molecular weight is 694 g/mol. The van der Waals surface area contributed by atoms with Crippen LogP contribution in [0.3, 0.4) is 0 Å². The van der Waals surface area contributed by atoms with Crippen molar-refractivity contribution in [2.45, 2.75) is 71.6 Å². The smallest absolute Gasteiger partial charge is 0.212 e. The average Bonchev–Trinajstić information content (AvgIpc) is 3.41. The fourth-order valence-electron chi connectivity index (χ4n) is 8.49. The molecule has 3 aliphatic rings. The second kappa shape index (κ2) is 13.4. The Kier molecular flexibility index (Phi) is 9.10. The van der Waals surface area contributed by atoms with Crippen molar-refractivity contribution in [1.29, 1.82) is 0 Å². The van der Waals surface area contributed by atoms with E-state index < -0.39 is 0 Å². The fraction of sp³-hybridized carbons (Fsp3) is 0.283. The number of nitrogens with zero attached hydrogens (tertiary/aromatic N) is 2. The molecule has 0 radical (unpaired) electrons. The Morgan fingerprint density at radius 3 is 1.92 bits per heavy atom. The van der Waals surface area contributed by atoms with Gasteiger partial charge in [0.25, 0.3) is 0 Å². The summed E-state index contributed by atoms with van der Waals surface area (Å²) in [5.41, 5.74) is 16.8. The van der Waals surface area contributed by atoms with E-state index in [1.807, 2.05) is 12.1 Å². The molecule has 260 valence electrons. The summed E-state index contributed by atoms with van der Waals surface area (Å²) >= 11 is 7.24. The highest BCUT2D eigenvalue weighted by Gasteiger charge is 2.44. The van der Waals surface area contributed by atoms with Crippen LogP contribution in [-0.2, 0) is 10.8 Å². The maximum absolute atomic E-state index is 7.24. The second-order valence-electron chi connectivity index (χ2n) is 15.4. The monoisotopic (exact) mass is 693 g/mol. The topological polar surface area (TPSA) is 30.3 Å². The molecule has 2 heterocycles. The molecule has 0 saturated heterocycles. The molecule has 4 nitrogen and oxygen atoms in total. The van der Waals surface area contributed by atoms with Gasteiger partial charge in [-0.1, -0.05) is 74.0 Å². The molecule has 2 aliphatic heterocycles. The van der Waals surface area contributed by atoms with Crippen molar-refractivity contribution in [3.05, 3.63) is 153 Å². The summed E-state index contributed by atoms with van der Waals surface area (Å²) in [7, 11) is 4.39. The van der Waals surface area contributed by atoms with E-state index in [1.54, 1.807) is 0 Å². The number of allylic oxidation sites excluding steroid dienone is 8. The zero-order valence-corrected chi connectivity index (χ0v) is 32.0. The molecule has 0 amide bonds. The molecule has 4 aromatic rings. The fourth-order valence-corrected chi connectivity index (χ4v) is 8.80. The molecule has 0 bridgehead atoms. The summed E-state index contributed by atoms with van der Waals surface area (Å²) in [6, 6.07) is 29.9. The summed E-state index contributed by atoms with van der Waals surface area (Å²) < 4.78 is 2.37. The molecule has 0 saturated carbocycles. The van der Waals surface area contributed by atoms with E-state index in [0.29, 0.717) is 0 Å². The number of hydrogen-bond donors (Lipinski definition) is 2. The molecule has 2 N–H and O–H groups in total. The number of halogens is 1. The number of fused-ring (bicyclic) bond motifs is 2. The van der Waals surface area contributed by atoms with E-state index in [2.05, 4.69) is 173 Å². The van der Waals surface area contributed by atoms with Gasteiger partial charge in [-0.3, -0.25) is 0 Å². The lowest BCUT2D eigenvalue weighted by Crippen LogP contribution is -2.26. The van der Waals surface area contributed by atoms with Crippen LogP contribution in [0, 0.1) is 13.8 Å². The van der Waals surface area contributed by atoms with Gasteiger partial charge in [0.2, 0.25) is 5.69 Å². The molecule has 5 heteroatoms. The van der Waals surface area contributed by atoms with E-state index in [9.17, 15) is 0 Å². The van der Waals surface area contributed by atoms with Crippen LogP contribution in [0.25, 0.3) is 0 Å². The normalized spacial score (nSPS) is 19.4. The summed E-state index contributed by atoms with van der Waals surface area (Å²) in [5.74, 6) is 0. The number of benzene rings is 4. The van der Waals surface area contributed by atoms with Gasteiger partial charge in [0.05, 0.1) is 5.41 Å². The Morgan fingerprint density at radius 2 is 1.29 bits per heavy atom. The van der Waals surface area contributed by atoms with Gasteiger partial charge in [-0.25, -0.2) is 0 Å². The molecule has 0 fully saturated rings. The third-order valence-electron chi connectivity index (χ3n) is 11.1. The number of nitrogens with one attached hydrogen (secondary N) is 2. The van der Waals surface area contributed by atoms with Crippen molar-refractivity contribution in [3.8, 4) is 0 Å². The first-order valence-corrected chi connectivity index (χ1v) is 18.5. The van der Waals surface area contributed by atoms with Gasteiger partial charge < -0.3 is 15.5 Å². The highest BCUT2D eigenvalue weighted by molar-refractivity contribution is 6.32. The Labute approximate surface area is 309 Å². The Balaban J connectivity index is 1.15. The lowest BCUT2D eigenvalue weighted by atomic mass is 9.80. The molecule has 0 atom stereocenters. The van der Waals surface area contributed by atoms with Crippen LogP contribution in [0.4, 0.5) is 34.1 Å². The predicted octanol–water partition coefficient (Wildman–Crippen LogP) is 12.3. The number of aryl methyl sites for hydroxylation is 2. The summed E-state index contributed by atoms with van der Waals surface area (Å²) in [6.07, 6.45) is 12.2. The van der Waals surface area contributed by atoms with Gasteiger partial charge in [-0.2, -0.15) is 4.58 Å². The van der Waals surface area contributed by atoms with Crippen molar-refractivity contribution in [2.75, 3.05) is 29.6 Å². The summed E-state index contributed by atoms with van der Waals surface area (Å²) in [6.45, 7) is 13.7. The predicted molar refractivity (Wildman–Crippen MR) is 219 cm³/mol. The largest absolute Gasteiger partial charge is 0.356 e. The second-order valence-corrected chi connectivity index (χ2v) is 15.8. The zero-order chi connectivity index (χ0) is 36.1. The molecule has 0 unspecified atom stereocenters. The Hall–Kier alpha value is -4.80. The van der Waals surface area contributed by atoms with Gasteiger partial charge in [-0.05, 0) is 124 Å². The molecule has 4 aromatic carbocycles. The van der Waals surface area contributed by atoms with Gasteiger partial charge in [0.15, 0.2) is 5.71 Å². The van der Waals surface area contributed by atoms with Crippen LogP contribution in [-0.4, -0.2) is 24.4 Å². The summed E-state index contributed by atoms with van der Waals surface area (Å²) in [5, 5.41) is 8.10. The van der Waals surface area contributed by atoms with E-state index in [4.69, 9.17) is 11.6 Å². The van der Waals surface area contributed by atoms with Crippen LogP contribution in [0.5, 0.6) is 0 Å². The standard InChI is InChI=1S/C46H50ClN4/c1-30-26-36(48-34-18-11-9-12-19-34)28-38-43(30)50(7)40(45(38,3)4)24-22-32-16-15-17-33(42(32)47)23-25-41-46(5,6)39-29-37(27-31(2)44(39)51(41)8)49-35-20-13-10-14-21-35/h9-14,18-29,48-49H,15-17H2,1-8H3/q+1. The van der Waals surface area contributed by atoms with Crippen LogP contribution in [0.1, 0.15) is 69.2 Å². The zero-order valence-electron chi connectivity index (χ0n) is 31.3. The number of rotatable bonds is 7. The molecule has 0 aromatic heterocycles. The number of anilines is 5. The maximum Gasteiger partial charge on any atom is 0.212 e. The molecule has 1 aliphatic carbocycles. The first-order valence-electron chi connectivity index (χ1n) is 18.1. The molecular formula is C46H50ClN4+. The first kappa shape index (κ1) is 34.6. The third-order valence-corrected chi connectivity index (χ3v) is 11.6. The van der Waals surface area contributed by atoms with Crippen LogP contribution in [0.2, 0.25) is 0 Å². The lowest BCUT2D eigenvalue weighted by molar-refractivity contribution is -0.402. The van der Waals surface area contributed by atoms with E-state index in [-0.39, 0.29) is 10.8 Å². The highest BCUT2D eigenvalue weighted by atomic mass is 35.5. The minimum Gasteiger partial charge on any atom is -0.356 e. The first-order chi connectivity index (χ1) is 24.4.